The predicted octanol–water partition coefficient (Wildman–Crippen LogP) is 2.75. The fraction of sp³-hybridized carbons (Fsp3) is 0.833. The average Bonchev–Trinajstić information content (AvgIpc) is 2.17. The van der Waals surface area contributed by atoms with Crippen LogP contribution >= 0.6 is 0 Å². The molecule has 0 amide bonds. The van der Waals surface area contributed by atoms with Crippen LogP contribution in [0.2, 0.25) is 0 Å². The number of allylic oxidation sites excluding steroid dienone is 1. The third-order valence-electron chi connectivity index (χ3n) is 2.16. The predicted molar refractivity (Wildman–Crippen MR) is 62.6 cm³/mol. The Morgan fingerprint density at radius 3 is 2.86 bits per heavy atom. The van der Waals surface area contributed by atoms with Crippen molar-refractivity contribution in [3.05, 3.63) is 12.7 Å². The van der Waals surface area contributed by atoms with Crippen molar-refractivity contribution in [2.24, 2.45) is 0 Å². The summed E-state index contributed by atoms with van der Waals surface area (Å²) in [6, 6.07) is 0.622. The number of rotatable bonds is 10. The van der Waals surface area contributed by atoms with Crippen LogP contribution in [0.1, 0.15) is 39.5 Å². The van der Waals surface area contributed by atoms with Crippen molar-refractivity contribution in [2.45, 2.75) is 45.6 Å². The maximum atomic E-state index is 5.45. The minimum atomic E-state index is 0.622. The second-order valence-corrected chi connectivity index (χ2v) is 3.69. The molecule has 0 aromatic carbocycles. The number of unbranched alkanes of at least 4 members (excludes halogenated alkanes) is 1. The molecule has 2 heteroatoms. The van der Waals surface area contributed by atoms with Crippen molar-refractivity contribution < 1.29 is 4.74 Å². The maximum absolute atomic E-state index is 5.45. The van der Waals surface area contributed by atoms with Crippen LogP contribution in [0.3, 0.4) is 0 Å². The Kier molecular flexibility index (Phi) is 10.5. The molecule has 0 spiro atoms. The zero-order chi connectivity index (χ0) is 10.6. The van der Waals surface area contributed by atoms with Gasteiger partial charge >= 0.3 is 0 Å². The second kappa shape index (κ2) is 10.7. The van der Waals surface area contributed by atoms with E-state index in [2.05, 4.69) is 25.7 Å². The minimum absolute atomic E-state index is 0.622. The van der Waals surface area contributed by atoms with E-state index in [9.17, 15) is 0 Å². The quantitative estimate of drug-likeness (QED) is 0.431. The van der Waals surface area contributed by atoms with Crippen LogP contribution in [0.25, 0.3) is 0 Å². The van der Waals surface area contributed by atoms with Crippen molar-refractivity contribution >= 4 is 0 Å². The topological polar surface area (TPSA) is 21.3 Å². The Labute approximate surface area is 88.7 Å². The van der Waals surface area contributed by atoms with Gasteiger partial charge in [-0.25, -0.2) is 0 Å². The fourth-order valence-electron chi connectivity index (χ4n) is 1.34. The lowest BCUT2D eigenvalue weighted by Crippen LogP contribution is -2.29. The Morgan fingerprint density at radius 2 is 2.21 bits per heavy atom. The molecule has 2 nitrogen and oxygen atoms in total. The highest BCUT2D eigenvalue weighted by Gasteiger charge is 1.97. The molecule has 0 aromatic rings. The summed E-state index contributed by atoms with van der Waals surface area (Å²) in [4.78, 5) is 0. The van der Waals surface area contributed by atoms with Crippen molar-refractivity contribution in [3.8, 4) is 0 Å². The van der Waals surface area contributed by atoms with E-state index in [1.165, 1.54) is 12.8 Å². The van der Waals surface area contributed by atoms with Gasteiger partial charge < -0.3 is 10.1 Å². The molecule has 0 fully saturated rings. The molecule has 14 heavy (non-hydrogen) atoms. The third kappa shape index (κ3) is 9.75. The van der Waals surface area contributed by atoms with Gasteiger partial charge in [-0.2, -0.15) is 0 Å². The summed E-state index contributed by atoms with van der Waals surface area (Å²) in [5, 5.41) is 3.43. The van der Waals surface area contributed by atoms with Gasteiger partial charge in [0.2, 0.25) is 0 Å². The highest BCUT2D eigenvalue weighted by Crippen LogP contribution is 1.94. The van der Waals surface area contributed by atoms with E-state index in [1.807, 2.05) is 6.08 Å². The number of ether oxygens (including phenoxy) is 1. The summed E-state index contributed by atoms with van der Waals surface area (Å²) >= 11 is 0. The molecule has 1 atom stereocenters. The normalized spacial score (nSPS) is 12.7. The lowest BCUT2D eigenvalue weighted by Gasteiger charge is -2.12. The summed E-state index contributed by atoms with van der Waals surface area (Å²) in [5.41, 5.74) is 0. The zero-order valence-corrected chi connectivity index (χ0v) is 9.72. The second-order valence-electron chi connectivity index (χ2n) is 3.69. The molecule has 0 heterocycles. The van der Waals surface area contributed by atoms with E-state index in [4.69, 9.17) is 4.74 Å². The summed E-state index contributed by atoms with van der Waals surface area (Å²) < 4.78 is 5.45. The summed E-state index contributed by atoms with van der Waals surface area (Å²) in [7, 11) is 0. The first kappa shape index (κ1) is 13.7. The molecular formula is C12H25NO. The molecule has 0 rings (SSSR count). The lowest BCUT2D eigenvalue weighted by atomic mass is 10.2. The van der Waals surface area contributed by atoms with Crippen LogP contribution in [0.4, 0.5) is 0 Å². The molecule has 0 saturated carbocycles. The first-order chi connectivity index (χ1) is 6.81. The van der Waals surface area contributed by atoms with Gasteiger partial charge in [0.05, 0.1) is 6.61 Å². The van der Waals surface area contributed by atoms with Crippen molar-refractivity contribution in [2.75, 3.05) is 19.8 Å². The minimum Gasteiger partial charge on any atom is -0.380 e. The molecule has 0 radical (unpaired) electrons. The SMILES string of the molecule is C=CCCCOCCNC(C)CCC. The van der Waals surface area contributed by atoms with Gasteiger partial charge in [-0.1, -0.05) is 19.4 Å². The summed E-state index contributed by atoms with van der Waals surface area (Å²) in [6.45, 7) is 10.8. The monoisotopic (exact) mass is 199 g/mol. The average molecular weight is 199 g/mol. The van der Waals surface area contributed by atoms with Crippen LogP contribution in [-0.4, -0.2) is 25.8 Å². The Balaban J connectivity index is 3.01. The molecule has 0 aliphatic heterocycles. The number of hydrogen-bond donors (Lipinski definition) is 1. The molecular weight excluding hydrogens is 174 g/mol. The van der Waals surface area contributed by atoms with Crippen molar-refractivity contribution in [1.29, 1.82) is 0 Å². The van der Waals surface area contributed by atoms with Gasteiger partial charge in [0.1, 0.15) is 0 Å². The maximum Gasteiger partial charge on any atom is 0.0591 e. The smallest absolute Gasteiger partial charge is 0.0591 e. The Hall–Kier alpha value is -0.340. The molecule has 0 bridgehead atoms. The molecule has 0 aromatic heterocycles. The highest BCUT2D eigenvalue weighted by molar-refractivity contribution is 4.65. The van der Waals surface area contributed by atoms with Crippen molar-refractivity contribution in [3.63, 3.8) is 0 Å². The van der Waals surface area contributed by atoms with E-state index in [0.717, 1.165) is 32.6 Å². The van der Waals surface area contributed by atoms with Crippen LogP contribution < -0.4 is 5.32 Å². The van der Waals surface area contributed by atoms with E-state index in [-0.39, 0.29) is 0 Å². The van der Waals surface area contributed by atoms with Gasteiger partial charge in [0.25, 0.3) is 0 Å². The van der Waals surface area contributed by atoms with Crippen LogP contribution in [0.15, 0.2) is 12.7 Å². The van der Waals surface area contributed by atoms with E-state index in [1.54, 1.807) is 0 Å². The molecule has 0 saturated heterocycles. The lowest BCUT2D eigenvalue weighted by molar-refractivity contribution is 0.132. The Bertz CT molecular complexity index is 125. The van der Waals surface area contributed by atoms with Gasteiger partial charge in [-0.15, -0.1) is 6.58 Å². The standard InChI is InChI=1S/C12H25NO/c1-4-6-7-10-14-11-9-13-12(3)8-5-2/h4,12-13H,1,5-11H2,2-3H3. The van der Waals surface area contributed by atoms with Crippen LogP contribution in [-0.2, 0) is 4.74 Å². The molecule has 1 N–H and O–H groups in total. The van der Waals surface area contributed by atoms with Gasteiger partial charge in [-0.3, -0.25) is 0 Å². The van der Waals surface area contributed by atoms with Gasteiger partial charge in [-0.05, 0) is 26.2 Å². The van der Waals surface area contributed by atoms with Gasteiger partial charge in [0, 0.05) is 19.2 Å². The molecule has 0 aliphatic rings. The summed E-state index contributed by atoms with van der Waals surface area (Å²) in [6.07, 6.45) is 6.57. The molecule has 84 valence electrons. The Morgan fingerprint density at radius 1 is 1.43 bits per heavy atom. The third-order valence-corrected chi connectivity index (χ3v) is 2.16. The largest absolute Gasteiger partial charge is 0.380 e. The zero-order valence-electron chi connectivity index (χ0n) is 9.72. The van der Waals surface area contributed by atoms with Crippen LogP contribution in [0.5, 0.6) is 0 Å². The molecule has 1 unspecified atom stereocenters. The first-order valence-corrected chi connectivity index (χ1v) is 5.73. The highest BCUT2D eigenvalue weighted by atomic mass is 16.5. The van der Waals surface area contributed by atoms with Crippen molar-refractivity contribution in [1.82, 2.24) is 5.32 Å². The first-order valence-electron chi connectivity index (χ1n) is 5.73. The van der Waals surface area contributed by atoms with Gasteiger partial charge in [0.15, 0.2) is 0 Å². The van der Waals surface area contributed by atoms with Crippen LogP contribution in [0, 0.1) is 0 Å². The summed E-state index contributed by atoms with van der Waals surface area (Å²) in [5.74, 6) is 0. The van der Waals surface area contributed by atoms with E-state index < -0.39 is 0 Å². The van der Waals surface area contributed by atoms with E-state index in [0.29, 0.717) is 6.04 Å². The molecule has 0 aliphatic carbocycles. The number of hydrogen-bond acceptors (Lipinski definition) is 2. The van der Waals surface area contributed by atoms with E-state index >= 15 is 0 Å². The number of nitrogens with one attached hydrogen (secondary N) is 1. The fourth-order valence-corrected chi connectivity index (χ4v) is 1.34.